The van der Waals surface area contributed by atoms with Crippen LogP contribution >= 0.6 is 0 Å². The minimum absolute atomic E-state index is 0.0322. The number of carbonyl (C=O) groups excluding carboxylic acids is 1. The number of rotatable bonds is 4. The minimum atomic E-state index is -0.477. The molecule has 0 aliphatic rings. The summed E-state index contributed by atoms with van der Waals surface area (Å²) in [6.07, 6.45) is 3.74. The third-order valence-electron chi connectivity index (χ3n) is 3.47. The maximum atomic E-state index is 12.2. The molecule has 0 saturated heterocycles. The molecule has 1 aromatic carbocycles. The molecule has 0 atom stereocenters. The number of fused-ring (bicyclic) bond motifs is 1. The molecule has 0 unspecified atom stereocenters. The van der Waals surface area contributed by atoms with E-state index >= 15 is 0 Å². The highest BCUT2D eigenvalue weighted by Gasteiger charge is 2.14. The van der Waals surface area contributed by atoms with Gasteiger partial charge in [-0.25, -0.2) is 14.9 Å². The Morgan fingerprint density at radius 3 is 2.72 bits per heavy atom. The molecule has 0 aliphatic carbocycles. The first-order chi connectivity index (χ1) is 12.0. The van der Waals surface area contributed by atoms with E-state index in [2.05, 4.69) is 25.6 Å². The number of amides is 1. The van der Waals surface area contributed by atoms with Crippen molar-refractivity contribution < 1.29 is 4.79 Å². The zero-order valence-electron chi connectivity index (χ0n) is 14.3. The van der Waals surface area contributed by atoms with Crippen LogP contribution in [0.5, 0.6) is 0 Å². The Morgan fingerprint density at radius 1 is 1.20 bits per heavy atom. The zero-order valence-corrected chi connectivity index (χ0v) is 14.3. The van der Waals surface area contributed by atoms with E-state index in [1.807, 2.05) is 62.4 Å². The van der Waals surface area contributed by atoms with Gasteiger partial charge >= 0.3 is 5.91 Å². The van der Waals surface area contributed by atoms with Crippen molar-refractivity contribution in [2.24, 2.45) is 5.10 Å². The lowest BCUT2D eigenvalue weighted by Gasteiger charge is -1.97. The van der Waals surface area contributed by atoms with Gasteiger partial charge in [0.05, 0.1) is 5.71 Å². The summed E-state index contributed by atoms with van der Waals surface area (Å²) in [5.41, 5.74) is 5.86. The van der Waals surface area contributed by atoms with E-state index in [0.717, 1.165) is 17.0 Å². The SMILES string of the molecule is CC(/C=C/c1ccccc1)=NNC(=O)c1nc2nc(C)cc(C)n2n1. The van der Waals surface area contributed by atoms with Crippen LogP contribution in [0.15, 0.2) is 47.6 Å². The fraction of sp³-hybridized carbons (Fsp3) is 0.167. The number of aryl methyl sites for hydroxylation is 2. The first-order valence-electron chi connectivity index (χ1n) is 7.82. The Morgan fingerprint density at radius 2 is 1.96 bits per heavy atom. The van der Waals surface area contributed by atoms with Gasteiger partial charge in [0.15, 0.2) is 0 Å². The minimum Gasteiger partial charge on any atom is -0.264 e. The van der Waals surface area contributed by atoms with E-state index in [-0.39, 0.29) is 5.82 Å². The number of allylic oxidation sites excluding steroid dienone is 1. The number of carbonyl (C=O) groups is 1. The summed E-state index contributed by atoms with van der Waals surface area (Å²) in [6, 6.07) is 11.7. The van der Waals surface area contributed by atoms with Gasteiger partial charge in [-0.2, -0.15) is 10.1 Å². The van der Waals surface area contributed by atoms with Gasteiger partial charge in [-0.05, 0) is 38.5 Å². The van der Waals surface area contributed by atoms with Crippen LogP contribution in [0.1, 0.15) is 34.5 Å². The molecule has 126 valence electrons. The molecule has 1 N–H and O–H groups in total. The number of nitrogens with zero attached hydrogens (tertiary/aromatic N) is 5. The first-order valence-corrected chi connectivity index (χ1v) is 7.82. The normalized spacial score (nSPS) is 12.0. The number of aromatic nitrogens is 4. The van der Waals surface area contributed by atoms with Crippen molar-refractivity contribution in [2.75, 3.05) is 0 Å². The second kappa shape index (κ2) is 7.04. The predicted octanol–water partition coefficient (Wildman–Crippen LogP) is 2.56. The first kappa shape index (κ1) is 16.5. The molecule has 1 amide bonds. The van der Waals surface area contributed by atoms with Crippen LogP contribution in [0, 0.1) is 13.8 Å². The monoisotopic (exact) mass is 334 g/mol. The summed E-state index contributed by atoms with van der Waals surface area (Å²) >= 11 is 0. The van der Waals surface area contributed by atoms with Crippen LogP contribution in [0.25, 0.3) is 11.9 Å². The van der Waals surface area contributed by atoms with Crippen LogP contribution in [0.3, 0.4) is 0 Å². The van der Waals surface area contributed by atoms with Crippen LogP contribution in [-0.4, -0.2) is 31.2 Å². The van der Waals surface area contributed by atoms with Crippen molar-refractivity contribution in [2.45, 2.75) is 20.8 Å². The summed E-state index contributed by atoms with van der Waals surface area (Å²) < 4.78 is 1.54. The van der Waals surface area contributed by atoms with Crippen LogP contribution in [0.2, 0.25) is 0 Å². The molecule has 25 heavy (non-hydrogen) atoms. The molecule has 0 bridgehead atoms. The smallest absolute Gasteiger partial charge is 0.264 e. The topological polar surface area (TPSA) is 84.5 Å². The summed E-state index contributed by atoms with van der Waals surface area (Å²) in [4.78, 5) is 20.6. The highest BCUT2D eigenvalue weighted by Crippen LogP contribution is 2.05. The highest BCUT2D eigenvalue weighted by atomic mass is 16.2. The molecule has 0 fully saturated rings. The molecule has 7 nitrogen and oxygen atoms in total. The van der Waals surface area contributed by atoms with E-state index in [1.54, 1.807) is 6.92 Å². The summed E-state index contributed by atoms with van der Waals surface area (Å²) in [6.45, 7) is 5.55. The van der Waals surface area contributed by atoms with Crippen molar-refractivity contribution in [3.8, 4) is 0 Å². The maximum Gasteiger partial charge on any atom is 0.311 e. The van der Waals surface area contributed by atoms with E-state index in [0.29, 0.717) is 11.5 Å². The van der Waals surface area contributed by atoms with Crippen molar-refractivity contribution in [3.63, 3.8) is 0 Å². The third-order valence-corrected chi connectivity index (χ3v) is 3.47. The van der Waals surface area contributed by atoms with Gasteiger partial charge < -0.3 is 0 Å². The van der Waals surface area contributed by atoms with Crippen molar-refractivity contribution in [3.05, 3.63) is 65.2 Å². The Kier molecular flexibility index (Phi) is 4.65. The van der Waals surface area contributed by atoms with E-state index < -0.39 is 5.91 Å². The average molecular weight is 334 g/mol. The Hall–Kier alpha value is -3.35. The molecule has 2 heterocycles. The number of hydrazone groups is 1. The molecular weight excluding hydrogens is 316 g/mol. The number of benzene rings is 1. The van der Waals surface area contributed by atoms with Crippen molar-refractivity contribution in [1.29, 1.82) is 0 Å². The van der Waals surface area contributed by atoms with Gasteiger partial charge in [-0.15, -0.1) is 5.10 Å². The van der Waals surface area contributed by atoms with Gasteiger partial charge in [0.1, 0.15) is 0 Å². The number of hydrogen-bond acceptors (Lipinski definition) is 5. The predicted molar refractivity (Wildman–Crippen MR) is 96.3 cm³/mol. The lowest BCUT2D eigenvalue weighted by molar-refractivity contribution is 0.0944. The highest BCUT2D eigenvalue weighted by molar-refractivity contribution is 5.98. The molecule has 0 spiro atoms. The zero-order chi connectivity index (χ0) is 17.8. The molecule has 0 aliphatic heterocycles. The van der Waals surface area contributed by atoms with Crippen LogP contribution in [0.4, 0.5) is 0 Å². The standard InChI is InChI=1S/C18H18N6O/c1-12(9-10-15-7-5-4-6-8-15)21-22-17(25)16-20-18-19-13(2)11-14(3)24(18)23-16/h4-11H,1-3H3,(H,22,25)/b10-9+,21-12?. The number of nitrogens with one attached hydrogen (secondary N) is 1. The van der Waals surface area contributed by atoms with Gasteiger partial charge in [0.25, 0.3) is 5.78 Å². The van der Waals surface area contributed by atoms with E-state index in [9.17, 15) is 4.79 Å². The average Bonchev–Trinajstić information content (AvgIpc) is 3.03. The quantitative estimate of drug-likeness (QED) is 0.587. The molecular formula is C18H18N6O. The summed E-state index contributed by atoms with van der Waals surface area (Å²) in [7, 11) is 0. The molecule has 2 aromatic heterocycles. The van der Waals surface area contributed by atoms with Gasteiger partial charge in [0, 0.05) is 11.4 Å². The largest absolute Gasteiger partial charge is 0.311 e. The molecule has 0 saturated carbocycles. The second-order valence-corrected chi connectivity index (χ2v) is 5.62. The molecule has 3 aromatic rings. The molecule has 7 heteroatoms. The van der Waals surface area contributed by atoms with Gasteiger partial charge in [-0.3, -0.25) is 4.79 Å². The summed E-state index contributed by atoms with van der Waals surface area (Å²) in [5.74, 6) is -0.0490. The lowest BCUT2D eigenvalue weighted by atomic mass is 10.2. The molecule has 3 rings (SSSR count). The van der Waals surface area contributed by atoms with E-state index in [1.165, 1.54) is 4.52 Å². The fourth-order valence-electron chi connectivity index (χ4n) is 2.27. The Bertz CT molecular complexity index is 972. The van der Waals surface area contributed by atoms with Crippen LogP contribution < -0.4 is 5.43 Å². The maximum absolute atomic E-state index is 12.2. The Balaban J connectivity index is 1.71. The van der Waals surface area contributed by atoms with Crippen molar-refractivity contribution >= 4 is 23.5 Å². The van der Waals surface area contributed by atoms with Crippen molar-refractivity contribution in [1.82, 2.24) is 25.0 Å². The second-order valence-electron chi connectivity index (χ2n) is 5.62. The number of hydrogen-bond donors (Lipinski definition) is 1. The molecule has 0 radical (unpaired) electrons. The fourth-order valence-corrected chi connectivity index (χ4v) is 2.27. The Labute approximate surface area is 145 Å². The third kappa shape index (κ3) is 3.95. The van der Waals surface area contributed by atoms with E-state index in [4.69, 9.17) is 0 Å². The lowest BCUT2D eigenvalue weighted by Crippen LogP contribution is -2.20. The van der Waals surface area contributed by atoms with Crippen LogP contribution in [-0.2, 0) is 0 Å². The van der Waals surface area contributed by atoms with Gasteiger partial charge in [-0.1, -0.05) is 36.4 Å². The summed E-state index contributed by atoms with van der Waals surface area (Å²) in [5, 5.41) is 8.21. The van der Waals surface area contributed by atoms with Gasteiger partial charge in [0.2, 0.25) is 5.82 Å².